The molecule has 4 heterocycles. The quantitative estimate of drug-likeness (QED) is 0.123. The van der Waals surface area contributed by atoms with E-state index in [9.17, 15) is 0 Å². The second kappa shape index (κ2) is 26.1. The van der Waals surface area contributed by atoms with Crippen LogP contribution in [0.4, 0.5) is 0 Å². The second-order valence-corrected chi connectivity index (χ2v) is 27.6. The zero-order valence-corrected chi connectivity index (χ0v) is 58.0. The average Bonchev–Trinajstić information content (AvgIpc) is 1.98. The van der Waals surface area contributed by atoms with Gasteiger partial charge in [-0.25, -0.2) is 0 Å². The lowest BCUT2D eigenvalue weighted by Gasteiger charge is -2.11. The van der Waals surface area contributed by atoms with E-state index in [2.05, 4.69) is 431 Å². The van der Waals surface area contributed by atoms with Gasteiger partial charge in [0, 0.05) is 65.8 Å². The summed E-state index contributed by atoms with van der Waals surface area (Å²) in [5, 5.41) is 10.1. The standard InChI is InChI=1S/C54H36N2.C48H32N2/c1-3-13-37(14-4-1)41-17-11-19-45(33-41)55-51-23-9-7-21-47(51)49-35-43(29-31-53(49)55)39-25-27-40(28-26-39)44-30-32-54-50(36-44)48-22-8-10-24-52(48)56(54)46-20-12-18-42(34-46)38-15-5-2-6-16-38;1-3-12-33(13-4-1)36-14-11-17-40(30-36)50-46-21-10-8-19-42(46)44-32-38(27-29-48(44)50)35-24-22-34(23-25-35)37-26-28-47-43(31-37)41-18-7-9-20-45(41)49(47)39-15-5-2-6-16-39/h1-36H;1-32H. The lowest BCUT2D eigenvalue weighted by atomic mass is 9.98. The summed E-state index contributed by atoms with van der Waals surface area (Å²) in [6.07, 6.45) is 0. The third kappa shape index (κ3) is 10.9. The molecule has 0 fully saturated rings. The Morgan fingerprint density at radius 1 is 0.104 bits per heavy atom. The van der Waals surface area contributed by atoms with E-state index in [4.69, 9.17) is 0 Å². The number of benzene rings is 17. The molecule has 21 rings (SSSR count). The average molecular weight is 1350 g/mol. The largest absolute Gasteiger partial charge is 0.309 e. The molecule has 0 saturated heterocycles. The van der Waals surface area contributed by atoms with Crippen molar-refractivity contribution in [1.29, 1.82) is 0 Å². The Labute approximate surface area is 614 Å². The topological polar surface area (TPSA) is 19.7 Å². The van der Waals surface area contributed by atoms with E-state index >= 15 is 0 Å². The zero-order chi connectivity index (χ0) is 70.0. The fraction of sp³-hybridized carbons (Fsp3) is 0. The summed E-state index contributed by atoms with van der Waals surface area (Å²) in [5.74, 6) is 0. The van der Waals surface area contributed by atoms with E-state index in [0.717, 1.165) is 11.4 Å². The summed E-state index contributed by atoms with van der Waals surface area (Å²) in [4.78, 5) is 0. The van der Waals surface area contributed by atoms with Crippen LogP contribution in [0.1, 0.15) is 0 Å². The minimum absolute atomic E-state index is 1.16. The number of rotatable bonds is 11. The van der Waals surface area contributed by atoms with Gasteiger partial charge >= 0.3 is 0 Å². The van der Waals surface area contributed by atoms with Gasteiger partial charge < -0.3 is 18.3 Å². The molecule has 0 radical (unpaired) electrons. The minimum Gasteiger partial charge on any atom is -0.309 e. The van der Waals surface area contributed by atoms with Crippen molar-refractivity contribution in [2.75, 3.05) is 0 Å². The Kier molecular flexibility index (Phi) is 15.2. The van der Waals surface area contributed by atoms with Crippen LogP contribution in [0.5, 0.6) is 0 Å². The van der Waals surface area contributed by atoms with Crippen LogP contribution in [0.3, 0.4) is 0 Å². The SMILES string of the molecule is c1ccc(-c2cccc(-n3c4ccccc4c4cc(-c5ccc(-c6ccc7c(c6)c6ccccc6n7-c6cccc(-c7ccccc7)c6)cc5)ccc43)c2)cc1.c1ccc(-c2cccc(-n3c4ccccc4c4cc(-c5ccc(-c6ccc7c(c6)c6ccccc6n7-c6ccccc6)cc5)ccc43)c2)cc1. The normalized spacial score (nSPS) is 11.6. The lowest BCUT2D eigenvalue weighted by molar-refractivity contribution is 1.18. The van der Waals surface area contributed by atoms with E-state index in [-0.39, 0.29) is 0 Å². The summed E-state index contributed by atoms with van der Waals surface area (Å²) in [5.41, 5.74) is 31.3. The summed E-state index contributed by atoms with van der Waals surface area (Å²) in [6, 6.07) is 150. The van der Waals surface area contributed by atoms with Crippen LogP contribution < -0.4 is 0 Å². The molecule has 0 spiro atoms. The van der Waals surface area contributed by atoms with Crippen molar-refractivity contribution in [3.05, 3.63) is 413 Å². The number of hydrogen-bond donors (Lipinski definition) is 0. The Morgan fingerprint density at radius 3 is 0.557 bits per heavy atom. The van der Waals surface area contributed by atoms with Crippen LogP contribution >= 0.6 is 0 Å². The smallest absolute Gasteiger partial charge is 0.0541 e. The number of aromatic nitrogens is 4. The highest BCUT2D eigenvalue weighted by Crippen LogP contribution is 2.42. The van der Waals surface area contributed by atoms with Crippen molar-refractivity contribution in [1.82, 2.24) is 18.3 Å². The molecular formula is C102H68N4. The van der Waals surface area contributed by atoms with Crippen LogP contribution in [0.2, 0.25) is 0 Å². The molecule has 0 saturated carbocycles. The Morgan fingerprint density at radius 2 is 0.283 bits per heavy atom. The highest BCUT2D eigenvalue weighted by Gasteiger charge is 2.20. The first kappa shape index (κ1) is 61.8. The van der Waals surface area contributed by atoms with E-state index < -0.39 is 0 Å². The monoisotopic (exact) mass is 1350 g/mol. The molecule has 0 unspecified atom stereocenters. The molecule has 4 aromatic heterocycles. The van der Waals surface area contributed by atoms with Crippen LogP contribution in [0.25, 0.3) is 188 Å². The third-order valence-corrected chi connectivity index (χ3v) is 21.4. The molecule has 0 aliphatic heterocycles. The third-order valence-electron chi connectivity index (χ3n) is 21.4. The highest BCUT2D eigenvalue weighted by molar-refractivity contribution is 6.14. The van der Waals surface area contributed by atoms with Gasteiger partial charge in [-0.05, 0) is 199 Å². The number of para-hydroxylation sites is 5. The predicted molar refractivity (Wildman–Crippen MR) is 448 cm³/mol. The Hall–Kier alpha value is -14.1. The number of hydrogen-bond acceptors (Lipinski definition) is 0. The van der Waals surface area contributed by atoms with Gasteiger partial charge in [-0.3, -0.25) is 0 Å². The van der Waals surface area contributed by atoms with E-state index in [1.807, 2.05) is 0 Å². The van der Waals surface area contributed by atoms with Gasteiger partial charge in [0.05, 0.1) is 44.1 Å². The van der Waals surface area contributed by atoms with Crippen LogP contribution in [-0.2, 0) is 0 Å². The van der Waals surface area contributed by atoms with Crippen molar-refractivity contribution in [3.8, 4) is 101 Å². The molecule has 0 amide bonds. The number of nitrogens with zero attached hydrogens (tertiary/aromatic N) is 4. The fourth-order valence-corrected chi connectivity index (χ4v) is 16.4. The Balaban J connectivity index is 0.000000141. The summed E-state index contributed by atoms with van der Waals surface area (Å²) < 4.78 is 9.56. The van der Waals surface area contributed by atoms with Crippen LogP contribution in [0.15, 0.2) is 413 Å². The molecule has 0 aliphatic rings. The summed E-state index contributed by atoms with van der Waals surface area (Å²) >= 11 is 0. The van der Waals surface area contributed by atoms with Gasteiger partial charge in [-0.2, -0.15) is 0 Å². The van der Waals surface area contributed by atoms with Gasteiger partial charge in [0.25, 0.3) is 0 Å². The molecule has 4 nitrogen and oxygen atoms in total. The molecule has 21 aromatic rings. The second-order valence-electron chi connectivity index (χ2n) is 27.6. The van der Waals surface area contributed by atoms with Crippen LogP contribution in [-0.4, -0.2) is 18.3 Å². The molecule has 0 bridgehead atoms. The minimum atomic E-state index is 1.16. The Bertz CT molecular complexity index is 6680. The van der Waals surface area contributed by atoms with E-state index in [1.165, 1.54) is 176 Å². The number of fused-ring (bicyclic) bond motifs is 12. The van der Waals surface area contributed by atoms with Gasteiger partial charge in [0.1, 0.15) is 0 Å². The van der Waals surface area contributed by atoms with Crippen molar-refractivity contribution in [2.45, 2.75) is 0 Å². The van der Waals surface area contributed by atoms with Crippen LogP contribution in [0, 0.1) is 0 Å². The molecular weight excluding hydrogens is 1280 g/mol. The molecule has 17 aromatic carbocycles. The fourth-order valence-electron chi connectivity index (χ4n) is 16.4. The maximum absolute atomic E-state index is 2.40. The zero-order valence-electron chi connectivity index (χ0n) is 58.0. The molecule has 4 heteroatoms. The van der Waals surface area contributed by atoms with Crippen molar-refractivity contribution in [3.63, 3.8) is 0 Å². The maximum atomic E-state index is 2.40. The molecule has 0 N–H and O–H groups in total. The van der Waals surface area contributed by atoms with Gasteiger partial charge in [0.15, 0.2) is 0 Å². The summed E-state index contributed by atoms with van der Waals surface area (Å²) in [7, 11) is 0. The van der Waals surface area contributed by atoms with Gasteiger partial charge in [-0.15, -0.1) is 0 Å². The first-order chi connectivity index (χ1) is 52.6. The summed E-state index contributed by atoms with van der Waals surface area (Å²) in [6.45, 7) is 0. The molecule has 106 heavy (non-hydrogen) atoms. The predicted octanol–water partition coefficient (Wildman–Crippen LogP) is 27.4. The van der Waals surface area contributed by atoms with Crippen molar-refractivity contribution < 1.29 is 0 Å². The first-order valence-electron chi connectivity index (χ1n) is 36.4. The molecule has 0 aliphatic carbocycles. The van der Waals surface area contributed by atoms with Gasteiger partial charge in [-0.1, -0.05) is 291 Å². The highest BCUT2D eigenvalue weighted by atomic mass is 15.0. The van der Waals surface area contributed by atoms with Crippen molar-refractivity contribution in [2.24, 2.45) is 0 Å². The molecule has 496 valence electrons. The lowest BCUT2D eigenvalue weighted by Crippen LogP contribution is -1.94. The first-order valence-corrected chi connectivity index (χ1v) is 36.4. The molecule has 0 atom stereocenters. The van der Waals surface area contributed by atoms with Crippen molar-refractivity contribution >= 4 is 87.2 Å². The maximum Gasteiger partial charge on any atom is 0.0541 e. The van der Waals surface area contributed by atoms with E-state index in [1.54, 1.807) is 0 Å². The van der Waals surface area contributed by atoms with E-state index in [0.29, 0.717) is 0 Å². The van der Waals surface area contributed by atoms with Gasteiger partial charge in [0.2, 0.25) is 0 Å².